The second-order valence-corrected chi connectivity index (χ2v) is 4.44. The van der Waals surface area contributed by atoms with E-state index in [0.29, 0.717) is 11.6 Å². The van der Waals surface area contributed by atoms with E-state index >= 15 is 0 Å². The fourth-order valence-electron chi connectivity index (χ4n) is 2.18. The van der Waals surface area contributed by atoms with Crippen LogP contribution in [0.2, 0.25) is 0 Å². The number of nitrogens with zero attached hydrogens (tertiary/aromatic N) is 2. The van der Waals surface area contributed by atoms with E-state index in [4.69, 9.17) is 5.26 Å². The summed E-state index contributed by atoms with van der Waals surface area (Å²) in [4.78, 5) is 2.44. The molecule has 0 heterocycles. The van der Waals surface area contributed by atoms with Crippen LogP contribution in [-0.2, 0) is 0 Å². The van der Waals surface area contributed by atoms with Gasteiger partial charge in [0.25, 0.3) is 0 Å². The molecule has 0 amide bonds. The smallest absolute Gasteiger partial charge is 0.101 e. The fourth-order valence-corrected chi connectivity index (χ4v) is 2.18. The molecule has 1 atom stereocenters. The van der Waals surface area contributed by atoms with Crippen LogP contribution in [0, 0.1) is 11.3 Å². The Balaban J connectivity index is 2.44. The summed E-state index contributed by atoms with van der Waals surface area (Å²) in [5.74, 6) is 0. The van der Waals surface area contributed by atoms with Crippen molar-refractivity contribution >= 4 is 5.69 Å². The average Bonchev–Trinajstić information content (AvgIpc) is 2.40. The zero-order valence-corrected chi connectivity index (χ0v) is 11.6. The summed E-state index contributed by atoms with van der Waals surface area (Å²) in [5, 5.41) is 12.3. The first-order valence-electron chi connectivity index (χ1n) is 6.69. The maximum atomic E-state index is 8.99. The number of nitrogens with one attached hydrogen (secondary N) is 1. The Kier molecular flexibility index (Phi) is 6.24. The van der Waals surface area contributed by atoms with Crippen LogP contribution >= 0.6 is 0 Å². The third-order valence-electron chi connectivity index (χ3n) is 3.36. The molecule has 0 aliphatic carbocycles. The normalized spacial score (nSPS) is 12.2. The van der Waals surface area contributed by atoms with Gasteiger partial charge < -0.3 is 10.2 Å². The van der Waals surface area contributed by atoms with Crippen LogP contribution in [0.25, 0.3) is 0 Å². The first kappa shape index (κ1) is 14.5. The first-order chi connectivity index (χ1) is 8.72. The van der Waals surface area contributed by atoms with Gasteiger partial charge >= 0.3 is 0 Å². The summed E-state index contributed by atoms with van der Waals surface area (Å²) in [5.41, 5.74) is 1.65. The number of hydrogen-bond acceptors (Lipinski definition) is 3. The average molecular weight is 245 g/mol. The second-order valence-electron chi connectivity index (χ2n) is 4.44. The highest BCUT2D eigenvalue weighted by atomic mass is 15.1. The number of para-hydroxylation sites is 1. The Morgan fingerprint density at radius 2 is 1.94 bits per heavy atom. The lowest BCUT2D eigenvalue weighted by Gasteiger charge is -2.26. The molecule has 0 aromatic heterocycles. The van der Waals surface area contributed by atoms with Gasteiger partial charge in [-0.05, 0) is 38.6 Å². The number of benzene rings is 1. The molecule has 1 unspecified atom stereocenters. The minimum absolute atomic E-state index is 0.571. The molecular formula is C15H23N3. The van der Waals surface area contributed by atoms with Crippen LogP contribution in [0.3, 0.4) is 0 Å². The summed E-state index contributed by atoms with van der Waals surface area (Å²) in [6, 6.07) is 10.4. The highest BCUT2D eigenvalue weighted by molar-refractivity contribution is 5.56. The van der Waals surface area contributed by atoms with Crippen molar-refractivity contribution in [2.45, 2.75) is 33.2 Å². The lowest BCUT2D eigenvalue weighted by Crippen LogP contribution is -2.34. The minimum atomic E-state index is 0.571. The molecule has 3 heteroatoms. The van der Waals surface area contributed by atoms with Crippen molar-refractivity contribution in [3.05, 3.63) is 29.8 Å². The summed E-state index contributed by atoms with van der Waals surface area (Å²) in [7, 11) is 0. The highest BCUT2D eigenvalue weighted by Crippen LogP contribution is 2.14. The van der Waals surface area contributed by atoms with Crippen LogP contribution < -0.4 is 5.32 Å². The van der Waals surface area contributed by atoms with Crippen molar-refractivity contribution in [1.82, 2.24) is 4.90 Å². The van der Waals surface area contributed by atoms with E-state index in [1.807, 2.05) is 24.3 Å². The Morgan fingerprint density at radius 1 is 1.28 bits per heavy atom. The Bertz CT molecular complexity index is 391. The van der Waals surface area contributed by atoms with Crippen molar-refractivity contribution in [2.24, 2.45) is 0 Å². The van der Waals surface area contributed by atoms with E-state index in [9.17, 15) is 0 Å². The fraction of sp³-hybridized carbons (Fsp3) is 0.533. The van der Waals surface area contributed by atoms with Gasteiger partial charge in [-0.2, -0.15) is 5.26 Å². The number of nitriles is 1. The minimum Gasteiger partial charge on any atom is -0.384 e. The molecule has 0 fully saturated rings. The Morgan fingerprint density at radius 3 is 2.56 bits per heavy atom. The quantitative estimate of drug-likeness (QED) is 0.802. The molecule has 0 aliphatic heterocycles. The van der Waals surface area contributed by atoms with Crippen molar-refractivity contribution in [1.29, 1.82) is 5.26 Å². The van der Waals surface area contributed by atoms with Gasteiger partial charge in [-0.3, -0.25) is 0 Å². The van der Waals surface area contributed by atoms with Gasteiger partial charge in [-0.25, -0.2) is 0 Å². The molecule has 0 aliphatic rings. The van der Waals surface area contributed by atoms with Crippen LogP contribution in [0.15, 0.2) is 24.3 Å². The van der Waals surface area contributed by atoms with Gasteiger partial charge in [0.1, 0.15) is 6.07 Å². The van der Waals surface area contributed by atoms with Crippen LogP contribution in [0.4, 0.5) is 5.69 Å². The van der Waals surface area contributed by atoms with Crippen molar-refractivity contribution in [3.8, 4) is 6.07 Å². The van der Waals surface area contributed by atoms with E-state index in [0.717, 1.165) is 31.7 Å². The lowest BCUT2D eigenvalue weighted by atomic mass is 10.1. The van der Waals surface area contributed by atoms with E-state index in [2.05, 4.69) is 37.1 Å². The molecule has 0 bridgehead atoms. The molecule has 1 N–H and O–H groups in total. The molecule has 3 nitrogen and oxygen atoms in total. The molecule has 18 heavy (non-hydrogen) atoms. The van der Waals surface area contributed by atoms with Crippen LogP contribution in [0.5, 0.6) is 0 Å². The summed E-state index contributed by atoms with van der Waals surface area (Å²) < 4.78 is 0. The van der Waals surface area contributed by atoms with Gasteiger partial charge in [0.05, 0.1) is 11.3 Å². The van der Waals surface area contributed by atoms with Crippen LogP contribution in [-0.4, -0.2) is 30.6 Å². The molecular weight excluding hydrogens is 222 g/mol. The largest absolute Gasteiger partial charge is 0.384 e. The second kappa shape index (κ2) is 7.73. The van der Waals surface area contributed by atoms with E-state index in [1.54, 1.807) is 0 Å². The van der Waals surface area contributed by atoms with Crippen molar-refractivity contribution < 1.29 is 0 Å². The third kappa shape index (κ3) is 4.05. The van der Waals surface area contributed by atoms with Crippen LogP contribution in [0.1, 0.15) is 32.8 Å². The molecule has 0 saturated heterocycles. The zero-order valence-electron chi connectivity index (χ0n) is 11.6. The summed E-state index contributed by atoms with van der Waals surface area (Å²) in [6.45, 7) is 9.72. The number of anilines is 1. The van der Waals surface area contributed by atoms with Gasteiger partial charge in [-0.1, -0.05) is 26.0 Å². The first-order valence-corrected chi connectivity index (χ1v) is 6.69. The Hall–Kier alpha value is -1.53. The summed E-state index contributed by atoms with van der Waals surface area (Å²) in [6.07, 6.45) is 1.08. The predicted octanol–water partition coefficient (Wildman–Crippen LogP) is 3.09. The molecule has 0 saturated carbocycles. The lowest BCUT2D eigenvalue weighted by molar-refractivity contribution is 0.224. The van der Waals surface area contributed by atoms with Gasteiger partial charge in [0.15, 0.2) is 0 Å². The number of hydrogen-bond donors (Lipinski definition) is 1. The monoisotopic (exact) mass is 245 g/mol. The van der Waals surface area contributed by atoms with Crippen molar-refractivity contribution in [2.75, 3.05) is 25.0 Å². The molecule has 0 radical (unpaired) electrons. The maximum Gasteiger partial charge on any atom is 0.101 e. The maximum absolute atomic E-state index is 8.99. The number of rotatable bonds is 7. The van der Waals surface area contributed by atoms with Gasteiger partial charge in [0.2, 0.25) is 0 Å². The third-order valence-corrected chi connectivity index (χ3v) is 3.36. The molecule has 1 rings (SSSR count). The summed E-state index contributed by atoms with van der Waals surface area (Å²) >= 11 is 0. The molecule has 0 spiro atoms. The standard InChI is InChI=1S/C15H23N3/c1-4-18(5-2)13(3)10-11-17-15-9-7-6-8-14(15)12-16/h6-9,13,17H,4-5,10-11H2,1-3H3. The molecule has 1 aromatic carbocycles. The predicted molar refractivity (Wildman–Crippen MR) is 76.6 cm³/mol. The zero-order chi connectivity index (χ0) is 13.4. The highest BCUT2D eigenvalue weighted by Gasteiger charge is 2.09. The topological polar surface area (TPSA) is 39.1 Å². The molecule has 98 valence electrons. The Labute approximate surface area is 110 Å². The SMILES string of the molecule is CCN(CC)C(C)CCNc1ccccc1C#N. The van der Waals surface area contributed by atoms with Gasteiger partial charge in [0, 0.05) is 12.6 Å². The molecule has 1 aromatic rings. The van der Waals surface area contributed by atoms with Gasteiger partial charge in [-0.15, -0.1) is 0 Å². The van der Waals surface area contributed by atoms with E-state index in [-0.39, 0.29) is 0 Å². The van der Waals surface area contributed by atoms with Crippen molar-refractivity contribution in [3.63, 3.8) is 0 Å². The van der Waals surface area contributed by atoms with E-state index < -0.39 is 0 Å². The van der Waals surface area contributed by atoms with E-state index in [1.165, 1.54) is 0 Å².